The number of aromatic hydroxyl groups is 1. The van der Waals surface area contributed by atoms with Crippen LogP contribution in [-0.4, -0.2) is 39.5 Å². The minimum atomic E-state index is -1.39. The third-order valence-corrected chi connectivity index (χ3v) is 3.17. The second kappa shape index (κ2) is 6.67. The summed E-state index contributed by atoms with van der Waals surface area (Å²) in [5.41, 5.74) is 0.276. The molecule has 19 heavy (non-hydrogen) atoms. The second-order valence-corrected chi connectivity index (χ2v) is 5.33. The average molecular weight is 395 g/mol. The SMILES string of the molecule is O=C(O)C[C@H](N=Cc1cc(Br)cc(Br)c1O)C(=O)O. The predicted octanol–water partition coefficient (Wildman–Crippen LogP) is 2.26. The zero-order valence-electron chi connectivity index (χ0n) is 9.38. The van der Waals surface area contributed by atoms with Crippen LogP contribution in [0.1, 0.15) is 12.0 Å². The molecule has 0 saturated carbocycles. The predicted molar refractivity (Wildman–Crippen MR) is 74.8 cm³/mol. The van der Waals surface area contributed by atoms with Crippen LogP contribution in [-0.2, 0) is 9.59 Å². The average Bonchev–Trinajstić information content (AvgIpc) is 2.29. The van der Waals surface area contributed by atoms with Crippen LogP contribution >= 0.6 is 31.9 Å². The molecule has 3 N–H and O–H groups in total. The fourth-order valence-electron chi connectivity index (χ4n) is 1.22. The number of aliphatic imine (C=N–C) groups is 1. The second-order valence-electron chi connectivity index (χ2n) is 3.56. The fourth-order valence-corrected chi connectivity index (χ4v) is 2.48. The van der Waals surface area contributed by atoms with Crippen molar-refractivity contribution >= 4 is 50.0 Å². The largest absolute Gasteiger partial charge is 0.506 e. The molecule has 1 rings (SSSR count). The first kappa shape index (κ1) is 15.6. The molecule has 0 heterocycles. The van der Waals surface area contributed by atoms with Gasteiger partial charge >= 0.3 is 11.9 Å². The summed E-state index contributed by atoms with van der Waals surface area (Å²) in [6.45, 7) is 0. The van der Waals surface area contributed by atoms with Gasteiger partial charge in [0.2, 0.25) is 0 Å². The Bertz CT molecular complexity index is 544. The van der Waals surface area contributed by atoms with Crippen molar-refractivity contribution in [2.24, 2.45) is 4.99 Å². The van der Waals surface area contributed by atoms with E-state index in [2.05, 4.69) is 36.9 Å². The lowest BCUT2D eigenvalue weighted by atomic mass is 10.2. The Hall–Kier alpha value is -1.41. The third-order valence-electron chi connectivity index (χ3n) is 2.10. The molecule has 0 aromatic heterocycles. The van der Waals surface area contributed by atoms with E-state index < -0.39 is 24.4 Å². The molecular weight excluding hydrogens is 386 g/mol. The maximum atomic E-state index is 10.8. The number of hydrogen-bond acceptors (Lipinski definition) is 4. The molecule has 0 unspecified atom stereocenters. The first-order valence-corrected chi connectivity index (χ1v) is 6.55. The Kier molecular flexibility index (Phi) is 5.49. The zero-order chi connectivity index (χ0) is 14.6. The highest BCUT2D eigenvalue weighted by atomic mass is 79.9. The minimum absolute atomic E-state index is 0.105. The van der Waals surface area contributed by atoms with Gasteiger partial charge in [0, 0.05) is 16.3 Å². The fraction of sp³-hybridized carbons (Fsp3) is 0.182. The van der Waals surface area contributed by atoms with Gasteiger partial charge in [0.25, 0.3) is 0 Å². The standard InChI is InChI=1S/C11H9Br2NO5/c12-6-1-5(10(17)7(13)2-6)4-14-8(11(18)19)3-9(15)16/h1-2,4,8,17H,3H2,(H,15,16)(H,18,19)/t8-/m0/s1. The van der Waals surface area contributed by atoms with Gasteiger partial charge in [-0.3, -0.25) is 9.79 Å². The summed E-state index contributed by atoms with van der Waals surface area (Å²) >= 11 is 6.33. The number of carboxylic acid groups (broad SMARTS) is 2. The van der Waals surface area contributed by atoms with Gasteiger partial charge in [0.15, 0.2) is 6.04 Å². The molecule has 1 atom stereocenters. The number of aliphatic carboxylic acids is 2. The number of hydrogen-bond donors (Lipinski definition) is 3. The highest BCUT2D eigenvalue weighted by Crippen LogP contribution is 2.30. The van der Waals surface area contributed by atoms with Gasteiger partial charge in [-0.1, -0.05) is 15.9 Å². The third kappa shape index (κ3) is 4.64. The molecule has 0 aliphatic heterocycles. The Morgan fingerprint density at radius 3 is 2.47 bits per heavy atom. The molecule has 0 aliphatic rings. The van der Waals surface area contributed by atoms with E-state index in [9.17, 15) is 14.7 Å². The van der Waals surface area contributed by atoms with E-state index >= 15 is 0 Å². The van der Waals surface area contributed by atoms with E-state index in [1.165, 1.54) is 6.07 Å². The Morgan fingerprint density at radius 1 is 1.32 bits per heavy atom. The molecule has 1 aromatic rings. The van der Waals surface area contributed by atoms with Crippen molar-refractivity contribution < 1.29 is 24.9 Å². The van der Waals surface area contributed by atoms with Crippen molar-refractivity contribution in [1.82, 2.24) is 0 Å². The highest BCUT2D eigenvalue weighted by Gasteiger charge is 2.19. The molecule has 0 spiro atoms. The van der Waals surface area contributed by atoms with E-state index in [0.717, 1.165) is 6.21 Å². The number of rotatable bonds is 5. The van der Waals surface area contributed by atoms with Gasteiger partial charge in [-0.15, -0.1) is 0 Å². The van der Waals surface area contributed by atoms with Crippen molar-refractivity contribution in [3.05, 3.63) is 26.6 Å². The summed E-state index contributed by atoms with van der Waals surface area (Å²) in [7, 11) is 0. The van der Waals surface area contributed by atoms with Gasteiger partial charge in [-0.05, 0) is 28.1 Å². The minimum Gasteiger partial charge on any atom is -0.506 e. The number of phenols is 1. The molecule has 102 valence electrons. The van der Waals surface area contributed by atoms with Crippen LogP contribution in [0.4, 0.5) is 0 Å². The highest BCUT2D eigenvalue weighted by molar-refractivity contribution is 9.11. The van der Waals surface area contributed by atoms with Crippen LogP contribution in [0.5, 0.6) is 5.75 Å². The lowest BCUT2D eigenvalue weighted by molar-refractivity contribution is -0.144. The van der Waals surface area contributed by atoms with E-state index in [4.69, 9.17) is 10.2 Å². The monoisotopic (exact) mass is 393 g/mol. The summed E-state index contributed by atoms with van der Waals surface area (Å²) in [5, 5.41) is 27.1. The van der Waals surface area contributed by atoms with E-state index in [-0.39, 0.29) is 11.3 Å². The zero-order valence-corrected chi connectivity index (χ0v) is 12.5. The molecule has 0 amide bonds. The number of nitrogens with zero attached hydrogens (tertiary/aromatic N) is 1. The summed E-state index contributed by atoms with van der Waals surface area (Å²) in [4.78, 5) is 25.0. The Labute approximate surface area is 125 Å². The number of carboxylic acids is 2. The number of halogens is 2. The van der Waals surface area contributed by atoms with E-state index in [0.29, 0.717) is 8.95 Å². The van der Waals surface area contributed by atoms with Crippen LogP contribution in [0.3, 0.4) is 0 Å². The van der Waals surface area contributed by atoms with Crippen molar-refractivity contribution in [3.63, 3.8) is 0 Å². The number of phenolic OH excluding ortho intramolecular Hbond substituents is 1. The maximum Gasteiger partial charge on any atom is 0.329 e. The smallest absolute Gasteiger partial charge is 0.329 e. The van der Waals surface area contributed by atoms with E-state index in [1.807, 2.05) is 0 Å². The molecule has 1 aromatic carbocycles. The van der Waals surface area contributed by atoms with Gasteiger partial charge in [-0.25, -0.2) is 4.79 Å². The first-order chi connectivity index (χ1) is 8.81. The molecule has 0 aliphatic carbocycles. The van der Waals surface area contributed by atoms with Gasteiger partial charge < -0.3 is 15.3 Å². The normalized spacial score (nSPS) is 12.5. The summed E-state index contributed by atoms with van der Waals surface area (Å²) in [5.74, 6) is -2.71. The molecular formula is C11H9Br2NO5. The van der Waals surface area contributed by atoms with Gasteiger partial charge in [0.1, 0.15) is 5.75 Å². The van der Waals surface area contributed by atoms with Crippen LogP contribution < -0.4 is 0 Å². The van der Waals surface area contributed by atoms with Crippen molar-refractivity contribution in [3.8, 4) is 5.75 Å². The molecule has 0 radical (unpaired) electrons. The summed E-state index contributed by atoms with van der Waals surface area (Å²) < 4.78 is 1.07. The van der Waals surface area contributed by atoms with E-state index in [1.54, 1.807) is 6.07 Å². The van der Waals surface area contributed by atoms with Crippen LogP contribution in [0.2, 0.25) is 0 Å². The Balaban J connectivity index is 3.02. The summed E-state index contributed by atoms with van der Waals surface area (Å²) in [6.07, 6.45) is 0.508. The number of benzene rings is 1. The molecule has 0 fully saturated rings. The Morgan fingerprint density at radius 2 is 1.95 bits per heavy atom. The quantitative estimate of drug-likeness (QED) is 0.664. The molecule has 8 heteroatoms. The molecule has 6 nitrogen and oxygen atoms in total. The van der Waals surface area contributed by atoms with Crippen molar-refractivity contribution in [2.45, 2.75) is 12.5 Å². The topological polar surface area (TPSA) is 107 Å². The van der Waals surface area contributed by atoms with Gasteiger partial charge in [0.05, 0.1) is 10.9 Å². The van der Waals surface area contributed by atoms with Crippen LogP contribution in [0, 0.1) is 0 Å². The lowest BCUT2D eigenvalue weighted by Gasteiger charge is -2.05. The number of carbonyl (C=O) groups is 2. The molecule has 0 bridgehead atoms. The maximum absolute atomic E-state index is 10.8. The summed E-state index contributed by atoms with van der Waals surface area (Å²) in [6, 6.07) is 1.75. The van der Waals surface area contributed by atoms with Crippen LogP contribution in [0.25, 0.3) is 0 Å². The lowest BCUT2D eigenvalue weighted by Crippen LogP contribution is -2.21. The van der Waals surface area contributed by atoms with Gasteiger partial charge in [-0.2, -0.15) is 0 Å². The van der Waals surface area contributed by atoms with Crippen molar-refractivity contribution in [1.29, 1.82) is 0 Å². The molecule has 0 saturated heterocycles. The first-order valence-electron chi connectivity index (χ1n) is 4.97. The van der Waals surface area contributed by atoms with Crippen LogP contribution in [0.15, 0.2) is 26.1 Å². The van der Waals surface area contributed by atoms with Crippen molar-refractivity contribution in [2.75, 3.05) is 0 Å².